The zero-order valence-electron chi connectivity index (χ0n) is 22.0. The highest BCUT2D eigenvalue weighted by Gasteiger charge is 2.41. The minimum Gasteiger partial charge on any atom is -0.496 e. The van der Waals surface area contributed by atoms with E-state index in [1.807, 2.05) is 13.0 Å². The number of alkyl halides is 2. The second-order valence-corrected chi connectivity index (χ2v) is 10.1. The second kappa shape index (κ2) is 10.8. The van der Waals surface area contributed by atoms with Crippen molar-refractivity contribution >= 4 is 17.3 Å². The zero-order chi connectivity index (χ0) is 26.9. The van der Waals surface area contributed by atoms with Gasteiger partial charge in [0.05, 0.1) is 26.0 Å². The number of rotatable bonds is 8. The molecule has 0 spiro atoms. The van der Waals surface area contributed by atoms with E-state index in [0.29, 0.717) is 31.4 Å². The van der Waals surface area contributed by atoms with Gasteiger partial charge in [-0.15, -0.1) is 0 Å². The number of fused-ring (bicyclic) bond motifs is 1. The van der Waals surface area contributed by atoms with Gasteiger partial charge in [-0.1, -0.05) is 6.08 Å². The Morgan fingerprint density at radius 1 is 1.21 bits per heavy atom. The molecule has 0 N–H and O–H groups in total. The molecule has 1 amide bonds. The van der Waals surface area contributed by atoms with Gasteiger partial charge in [0.15, 0.2) is 0 Å². The van der Waals surface area contributed by atoms with Gasteiger partial charge in [-0.05, 0) is 37.3 Å². The second-order valence-electron chi connectivity index (χ2n) is 10.1. The van der Waals surface area contributed by atoms with Crippen LogP contribution in [0.1, 0.15) is 47.9 Å². The van der Waals surface area contributed by atoms with E-state index in [1.54, 1.807) is 26.5 Å². The summed E-state index contributed by atoms with van der Waals surface area (Å²) in [6.45, 7) is 2.92. The molecule has 0 saturated carbocycles. The van der Waals surface area contributed by atoms with E-state index in [2.05, 4.69) is 25.9 Å². The number of aromatic nitrogens is 3. The Labute approximate surface area is 220 Å². The number of piperidine rings is 1. The van der Waals surface area contributed by atoms with Crippen molar-refractivity contribution in [3.05, 3.63) is 41.4 Å². The Kier molecular flexibility index (Phi) is 7.47. The first-order chi connectivity index (χ1) is 18.3. The molecule has 2 aromatic heterocycles. The molecule has 4 heterocycles. The number of halogens is 2. The molecule has 1 atom stereocenters. The van der Waals surface area contributed by atoms with Crippen LogP contribution < -0.4 is 14.4 Å². The van der Waals surface area contributed by atoms with Gasteiger partial charge in [-0.25, -0.2) is 8.78 Å². The van der Waals surface area contributed by atoms with E-state index >= 15 is 0 Å². The van der Waals surface area contributed by atoms with Crippen molar-refractivity contribution in [3.63, 3.8) is 0 Å². The molecule has 0 unspecified atom stereocenters. The third kappa shape index (κ3) is 5.43. The van der Waals surface area contributed by atoms with Crippen molar-refractivity contribution in [2.24, 2.45) is 5.92 Å². The van der Waals surface area contributed by atoms with Crippen LogP contribution in [0.5, 0.6) is 11.8 Å². The molecule has 0 bridgehead atoms. The highest BCUT2D eigenvalue weighted by Crippen LogP contribution is 2.42. The van der Waals surface area contributed by atoms with E-state index in [-0.39, 0.29) is 30.8 Å². The number of anilines is 1. The standard InChI is InChI=1S/C27H33F2N5O4/c1-17(15-36-2)38-26-31-21(25(35)34-13-9-27(28,29)16-34)14-23(32-26)33-11-7-18(8-12-33)19-4-5-20-24(19)22(37-3)6-10-30-20/h4,6,10,14,17-18H,5,7-9,11-13,15-16H2,1-3H3/t17-/m1/s1. The van der Waals surface area contributed by atoms with Gasteiger partial charge in [-0.3, -0.25) is 9.78 Å². The van der Waals surface area contributed by atoms with Crippen LogP contribution in [-0.4, -0.2) is 84.8 Å². The number of methoxy groups -OCH3 is 2. The smallest absolute Gasteiger partial charge is 0.319 e. The van der Waals surface area contributed by atoms with Crippen LogP contribution in [0.2, 0.25) is 0 Å². The van der Waals surface area contributed by atoms with Crippen LogP contribution in [-0.2, 0) is 11.2 Å². The first-order valence-electron chi connectivity index (χ1n) is 13.0. The molecule has 2 aliphatic heterocycles. The molecule has 0 aromatic carbocycles. The number of carbonyl (C=O) groups is 1. The topological polar surface area (TPSA) is 89.9 Å². The average Bonchev–Trinajstić information content (AvgIpc) is 3.51. The maximum absolute atomic E-state index is 13.8. The number of ether oxygens (including phenoxy) is 3. The number of nitrogens with zero attached hydrogens (tertiary/aromatic N) is 5. The number of pyridine rings is 1. The molecule has 3 aliphatic rings. The van der Waals surface area contributed by atoms with Crippen LogP contribution in [0, 0.1) is 5.92 Å². The van der Waals surface area contributed by atoms with Gasteiger partial charge in [0.2, 0.25) is 0 Å². The predicted octanol–water partition coefficient (Wildman–Crippen LogP) is 3.63. The van der Waals surface area contributed by atoms with E-state index in [9.17, 15) is 13.6 Å². The summed E-state index contributed by atoms with van der Waals surface area (Å²) in [4.78, 5) is 29.7. The number of carbonyl (C=O) groups excluding carboxylic acids is 1. The Morgan fingerprint density at radius 3 is 2.68 bits per heavy atom. The summed E-state index contributed by atoms with van der Waals surface area (Å²) in [5.41, 5.74) is 3.47. The largest absolute Gasteiger partial charge is 0.496 e. The predicted molar refractivity (Wildman–Crippen MR) is 137 cm³/mol. The summed E-state index contributed by atoms with van der Waals surface area (Å²) in [6.07, 6.45) is 5.89. The maximum atomic E-state index is 13.8. The molecule has 9 nitrogen and oxygen atoms in total. The third-order valence-corrected chi connectivity index (χ3v) is 7.35. The molecule has 2 saturated heterocycles. The average molecular weight is 530 g/mol. The van der Waals surface area contributed by atoms with Crippen molar-refractivity contribution in [1.29, 1.82) is 0 Å². The molecule has 38 heavy (non-hydrogen) atoms. The lowest BCUT2D eigenvalue weighted by molar-refractivity contribution is 0.0119. The van der Waals surface area contributed by atoms with Crippen molar-refractivity contribution in [2.75, 3.05) is 51.9 Å². The quantitative estimate of drug-likeness (QED) is 0.512. The third-order valence-electron chi connectivity index (χ3n) is 7.35. The zero-order valence-corrected chi connectivity index (χ0v) is 22.0. The molecule has 2 aromatic rings. The fraction of sp³-hybridized carbons (Fsp3) is 0.556. The number of allylic oxidation sites excluding steroid dienone is 2. The van der Waals surface area contributed by atoms with Gasteiger partial charge in [0.25, 0.3) is 11.8 Å². The molecule has 11 heteroatoms. The van der Waals surface area contributed by atoms with Crippen LogP contribution in [0.4, 0.5) is 14.6 Å². The van der Waals surface area contributed by atoms with Gasteiger partial charge in [0, 0.05) is 57.4 Å². The molecule has 1 aliphatic carbocycles. The van der Waals surface area contributed by atoms with Crippen molar-refractivity contribution in [3.8, 4) is 11.8 Å². The lowest BCUT2D eigenvalue weighted by atomic mass is 9.86. The minimum absolute atomic E-state index is 0.0122. The number of amides is 1. The Bertz CT molecular complexity index is 1220. The van der Waals surface area contributed by atoms with Crippen molar-refractivity contribution in [2.45, 2.75) is 44.6 Å². The molecule has 0 radical (unpaired) electrons. The van der Waals surface area contributed by atoms with Gasteiger partial charge in [0.1, 0.15) is 23.4 Å². The fourth-order valence-electron chi connectivity index (χ4n) is 5.47. The van der Waals surface area contributed by atoms with Gasteiger partial charge in [-0.2, -0.15) is 9.97 Å². The Morgan fingerprint density at radius 2 is 2.00 bits per heavy atom. The summed E-state index contributed by atoms with van der Waals surface area (Å²) >= 11 is 0. The summed E-state index contributed by atoms with van der Waals surface area (Å²) in [7, 11) is 3.24. The van der Waals surface area contributed by atoms with Crippen LogP contribution in [0.3, 0.4) is 0 Å². The van der Waals surface area contributed by atoms with E-state index in [1.165, 1.54) is 5.57 Å². The fourth-order valence-corrected chi connectivity index (χ4v) is 5.47. The van der Waals surface area contributed by atoms with Crippen molar-refractivity contribution < 1.29 is 27.8 Å². The summed E-state index contributed by atoms with van der Waals surface area (Å²) in [5.74, 6) is -1.69. The van der Waals surface area contributed by atoms with E-state index in [4.69, 9.17) is 14.2 Å². The number of hydrogen-bond donors (Lipinski definition) is 0. The lowest BCUT2D eigenvalue weighted by Gasteiger charge is -2.34. The van der Waals surface area contributed by atoms with Crippen LogP contribution in [0.25, 0.3) is 5.57 Å². The highest BCUT2D eigenvalue weighted by atomic mass is 19.3. The minimum atomic E-state index is -2.88. The maximum Gasteiger partial charge on any atom is 0.319 e. The highest BCUT2D eigenvalue weighted by molar-refractivity contribution is 5.93. The molecule has 5 rings (SSSR count). The van der Waals surface area contributed by atoms with Gasteiger partial charge >= 0.3 is 6.01 Å². The van der Waals surface area contributed by atoms with E-state index in [0.717, 1.165) is 41.2 Å². The first kappa shape index (κ1) is 26.3. The van der Waals surface area contributed by atoms with Crippen molar-refractivity contribution in [1.82, 2.24) is 19.9 Å². The Hall–Kier alpha value is -3.34. The van der Waals surface area contributed by atoms with Crippen LogP contribution >= 0.6 is 0 Å². The monoisotopic (exact) mass is 529 g/mol. The number of hydrogen-bond acceptors (Lipinski definition) is 8. The summed E-state index contributed by atoms with van der Waals surface area (Å²) < 4.78 is 44.2. The van der Waals surface area contributed by atoms with Gasteiger partial charge < -0.3 is 24.0 Å². The normalized spacial score (nSPS) is 19.8. The SMILES string of the molecule is COC[C@@H](C)Oc1nc(C(=O)N2CCC(F)(F)C2)cc(N2CCC(C3=CCc4nccc(OC)c43)CC2)n1. The number of likely N-dealkylation sites (tertiary alicyclic amines) is 1. The summed E-state index contributed by atoms with van der Waals surface area (Å²) in [5, 5.41) is 0. The molecule has 2 fully saturated rings. The van der Waals surface area contributed by atoms with E-state index < -0.39 is 18.4 Å². The summed E-state index contributed by atoms with van der Waals surface area (Å²) in [6, 6.07) is 3.52. The van der Waals surface area contributed by atoms with Crippen LogP contribution in [0.15, 0.2) is 24.4 Å². The molecule has 204 valence electrons. The molecular formula is C27H33F2N5O4. The Balaban J connectivity index is 1.34. The lowest BCUT2D eigenvalue weighted by Crippen LogP contribution is -2.36. The first-order valence-corrected chi connectivity index (χ1v) is 13.0. The molecular weight excluding hydrogens is 496 g/mol.